The molecule has 1 amide bonds. The molecule has 150 valence electrons. The van der Waals surface area contributed by atoms with Crippen molar-refractivity contribution in [2.24, 2.45) is 5.92 Å². The summed E-state index contributed by atoms with van der Waals surface area (Å²) in [6.45, 7) is 3.39. The fraction of sp³-hybridized carbons (Fsp3) is 0.389. The molecule has 0 spiro atoms. The van der Waals surface area contributed by atoms with Crippen molar-refractivity contribution >= 4 is 17.5 Å². The van der Waals surface area contributed by atoms with Crippen LogP contribution in [0.2, 0.25) is 5.02 Å². The van der Waals surface area contributed by atoms with E-state index >= 15 is 0 Å². The van der Waals surface area contributed by atoms with E-state index in [-0.39, 0.29) is 29.2 Å². The van der Waals surface area contributed by atoms with E-state index in [1.807, 2.05) is 0 Å². The molecule has 0 aliphatic heterocycles. The lowest BCUT2D eigenvalue weighted by molar-refractivity contribution is -0.122. The summed E-state index contributed by atoms with van der Waals surface area (Å²) in [5.74, 6) is -1.52. The van der Waals surface area contributed by atoms with Crippen molar-refractivity contribution in [1.29, 1.82) is 0 Å². The highest BCUT2D eigenvalue weighted by molar-refractivity contribution is 6.30. The predicted octanol–water partition coefficient (Wildman–Crippen LogP) is 3.87. The topological polar surface area (TPSA) is 77.3 Å². The predicted molar refractivity (Wildman–Crippen MR) is 93.7 cm³/mol. The lowest BCUT2D eigenvalue weighted by Crippen LogP contribution is -2.28. The van der Waals surface area contributed by atoms with Crippen LogP contribution in [-0.4, -0.2) is 29.1 Å². The molecule has 10 heteroatoms. The minimum absolute atomic E-state index is 0.0409. The first kappa shape index (κ1) is 20.2. The normalized spacial score (nSPS) is 18.2. The second-order valence-electron chi connectivity index (χ2n) is 6.39. The zero-order valence-electron chi connectivity index (χ0n) is 14.6. The number of allylic oxidation sites excluding steroid dienone is 1. The Hall–Kier alpha value is -2.55. The zero-order valence-corrected chi connectivity index (χ0v) is 15.4. The highest BCUT2D eigenvalue weighted by Gasteiger charge is 2.48. The van der Waals surface area contributed by atoms with Crippen molar-refractivity contribution in [3.8, 4) is 5.75 Å². The summed E-state index contributed by atoms with van der Waals surface area (Å²) in [5.41, 5.74) is 0.396. The van der Waals surface area contributed by atoms with Crippen LogP contribution in [-0.2, 0) is 11.2 Å². The van der Waals surface area contributed by atoms with Gasteiger partial charge in [0.15, 0.2) is 6.61 Å². The lowest BCUT2D eigenvalue weighted by Gasteiger charge is -2.09. The van der Waals surface area contributed by atoms with Crippen LogP contribution in [0.5, 0.6) is 5.75 Å². The second kappa shape index (κ2) is 8.64. The van der Waals surface area contributed by atoms with E-state index in [2.05, 4.69) is 22.1 Å². The summed E-state index contributed by atoms with van der Waals surface area (Å²) in [6.07, 6.45) is -1.41. The van der Waals surface area contributed by atoms with Gasteiger partial charge in [-0.15, -0.1) is 10.2 Å². The van der Waals surface area contributed by atoms with Crippen molar-refractivity contribution in [2.75, 3.05) is 6.61 Å². The van der Waals surface area contributed by atoms with Gasteiger partial charge >= 0.3 is 0 Å². The molecule has 1 aliphatic rings. The summed E-state index contributed by atoms with van der Waals surface area (Å²) >= 11 is 5.57. The van der Waals surface area contributed by atoms with Crippen LogP contribution < -0.4 is 10.1 Å². The SMILES string of the molecule is C=C(CCc1nnc([C@@H]2C[C@@H]2C(F)F)o1)NC(=O)COc1ccc(Cl)c(F)c1. The summed E-state index contributed by atoms with van der Waals surface area (Å²) in [5, 5.41) is 10.1. The van der Waals surface area contributed by atoms with Gasteiger partial charge in [-0.05, 0) is 25.0 Å². The molecule has 3 rings (SSSR count). The van der Waals surface area contributed by atoms with Crippen LogP contribution >= 0.6 is 11.6 Å². The van der Waals surface area contributed by atoms with E-state index in [4.69, 9.17) is 20.8 Å². The largest absolute Gasteiger partial charge is 0.484 e. The molecule has 0 bridgehead atoms. The first-order valence-corrected chi connectivity index (χ1v) is 8.87. The van der Waals surface area contributed by atoms with Crippen molar-refractivity contribution in [3.05, 3.63) is 53.1 Å². The van der Waals surface area contributed by atoms with E-state index in [1.165, 1.54) is 12.1 Å². The number of hydrogen-bond acceptors (Lipinski definition) is 5. The Bertz CT molecular complexity index is 875. The maximum Gasteiger partial charge on any atom is 0.262 e. The third kappa shape index (κ3) is 5.25. The van der Waals surface area contributed by atoms with E-state index in [1.54, 1.807) is 0 Å². The Kier molecular flexibility index (Phi) is 6.23. The number of carbonyl (C=O) groups excluding carboxylic acids is 1. The van der Waals surface area contributed by atoms with Gasteiger partial charge in [-0.2, -0.15) is 0 Å². The molecule has 0 unspecified atom stereocenters. The number of nitrogens with zero attached hydrogens (tertiary/aromatic N) is 2. The first-order valence-electron chi connectivity index (χ1n) is 8.49. The molecule has 28 heavy (non-hydrogen) atoms. The van der Waals surface area contributed by atoms with Gasteiger partial charge in [-0.1, -0.05) is 18.2 Å². The number of benzene rings is 1. The van der Waals surface area contributed by atoms with Crippen molar-refractivity contribution < 1.29 is 27.1 Å². The molecule has 0 saturated heterocycles. The van der Waals surface area contributed by atoms with Crippen LogP contribution in [0, 0.1) is 11.7 Å². The summed E-state index contributed by atoms with van der Waals surface area (Å²) in [7, 11) is 0. The molecule has 6 nitrogen and oxygen atoms in total. The van der Waals surface area contributed by atoms with Crippen molar-refractivity contribution in [1.82, 2.24) is 15.5 Å². The van der Waals surface area contributed by atoms with Crippen LogP contribution in [0.1, 0.15) is 30.5 Å². The third-order valence-electron chi connectivity index (χ3n) is 4.18. The molecule has 1 N–H and O–H groups in total. The maximum absolute atomic E-state index is 13.3. The fourth-order valence-electron chi connectivity index (χ4n) is 2.56. The molecule has 1 saturated carbocycles. The molecule has 0 radical (unpaired) electrons. The highest BCUT2D eigenvalue weighted by Crippen LogP contribution is 2.50. The quantitative estimate of drug-likeness (QED) is 0.672. The molecule has 1 aliphatic carbocycles. The smallest absolute Gasteiger partial charge is 0.262 e. The zero-order chi connectivity index (χ0) is 20.3. The number of rotatable bonds is 9. The molecule has 2 aromatic rings. The average Bonchev–Trinajstić information content (AvgIpc) is 3.32. The highest BCUT2D eigenvalue weighted by atomic mass is 35.5. The number of carbonyl (C=O) groups is 1. The van der Waals surface area contributed by atoms with E-state index in [0.29, 0.717) is 30.9 Å². The van der Waals surface area contributed by atoms with Crippen molar-refractivity contribution in [3.63, 3.8) is 0 Å². The molecule has 1 heterocycles. The Balaban J connectivity index is 1.39. The Labute approximate surface area is 163 Å². The molecular formula is C18H17ClF3N3O3. The van der Waals surface area contributed by atoms with E-state index < -0.39 is 24.1 Å². The summed E-state index contributed by atoms with van der Waals surface area (Å²) in [6, 6.07) is 3.85. The van der Waals surface area contributed by atoms with E-state index in [0.717, 1.165) is 6.07 Å². The van der Waals surface area contributed by atoms with Gasteiger partial charge in [0.25, 0.3) is 5.91 Å². The standard InChI is InChI=1S/C18H17ClF3N3O3/c1-9(23-15(26)8-27-10-3-4-13(19)14(20)6-10)2-5-16-24-25-18(28-16)12-7-11(12)17(21)22/h3-4,6,11-12,17H,1-2,5,7-8H2,(H,23,26)/t11-,12+/m0/s1. The van der Waals surface area contributed by atoms with E-state index in [9.17, 15) is 18.0 Å². The lowest BCUT2D eigenvalue weighted by atomic mass is 10.2. The molecular weight excluding hydrogens is 399 g/mol. The van der Waals surface area contributed by atoms with Gasteiger partial charge < -0.3 is 14.5 Å². The van der Waals surface area contributed by atoms with Crippen LogP contribution in [0.3, 0.4) is 0 Å². The van der Waals surface area contributed by atoms with Gasteiger partial charge in [-0.3, -0.25) is 4.79 Å². The fourth-order valence-corrected chi connectivity index (χ4v) is 2.68. The second-order valence-corrected chi connectivity index (χ2v) is 6.80. The average molecular weight is 416 g/mol. The molecule has 1 aromatic heterocycles. The molecule has 1 fully saturated rings. The number of alkyl halides is 2. The van der Waals surface area contributed by atoms with Gasteiger partial charge in [-0.25, -0.2) is 13.2 Å². The monoisotopic (exact) mass is 415 g/mol. The van der Waals surface area contributed by atoms with Gasteiger partial charge in [0.2, 0.25) is 18.2 Å². The Morgan fingerprint density at radius 2 is 2.21 bits per heavy atom. The maximum atomic E-state index is 13.3. The van der Waals surface area contributed by atoms with Gasteiger partial charge in [0.1, 0.15) is 11.6 Å². The number of ether oxygens (including phenoxy) is 1. The number of nitrogens with one attached hydrogen (secondary N) is 1. The number of aryl methyl sites for hydroxylation is 1. The minimum Gasteiger partial charge on any atom is -0.484 e. The molecule has 2 atom stereocenters. The molecule has 1 aromatic carbocycles. The van der Waals surface area contributed by atoms with Crippen LogP contribution in [0.15, 0.2) is 34.9 Å². The summed E-state index contributed by atoms with van der Waals surface area (Å²) in [4.78, 5) is 11.9. The number of hydrogen-bond donors (Lipinski definition) is 1. The van der Waals surface area contributed by atoms with Gasteiger partial charge in [0, 0.05) is 30.0 Å². The Morgan fingerprint density at radius 3 is 2.89 bits per heavy atom. The summed E-state index contributed by atoms with van der Waals surface area (Å²) < 4.78 is 49.0. The first-order chi connectivity index (χ1) is 13.3. The number of aromatic nitrogens is 2. The number of halogens is 4. The van der Waals surface area contributed by atoms with Crippen LogP contribution in [0.25, 0.3) is 0 Å². The third-order valence-corrected chi connectivity index (χ3v) is 4.49. The van der Waals surface area contributed by atoms with Gasteiger partial charge in [0.05, 0.1) is 5.02 Å². The Morgan fingerprint density at radius 1 is 1.43 bits per heavy atom. The number of amides is 1. The minimum atomic E-state index is -2.39. The van der Waals surface area contributed by atoms with Crippen molar-refractivity contribution in [2.45, 2.75) is 31.6 Å². The van der Waals surface area contributed by atoms with Crippen LogP contribution in [0.4, 0.5) is 13.2 Å².